The molecule has 1 aromatic heterocycles. The fourth-order valence-corrected chi connectivity index (χ4v) is 3.25. The Morgan fingerprint density at radius 2 is 1.92 bits per heavy atom. The first-order valence-corrected chi connectivity index (χ1v) is 8.00. The number of alkyl halides is 3. The van der Waals surface area contributed by atoms with Crippen molar-refractivity contribution in [3.05, 3.63) is 50.1 Å². The lowest BCUT2D eigenvalue weighted by Gasteiger charge is -2.13. The molecule has 2 aromatic rings. The third-order valence-electron chi connectivity index (χ3n) is 2.86. The summed E-state index contributed by atoms with van der Waals surface area (Å²) in [6.07, 6.45) is -5.89. The fourth-order valence-electron chi connectivity index (χ4n) is 1.79. The van der Waals surface area contributed by atoms with Crippen LogP contribution in [0.3, 0.4) is 0 Å². The molecule has 2 N–H and O–H groups in total. The third-order valence-corrected chi connectivity index (χ3v) is 4.34. The van der Waals surface area contributed by atoms with Gasteiger partial charge in [0.2, 0.25) is 0 Å². The van der Waals surface area contributed by atoms with Gasteiger partial charge < -0.3 is 15.2 Å². The lowest BCUT2D eigenvalue weighted by Crippen LogP contribution is -2.28. The minimum absolute atomic E-state index is 0.151. The van der Waals surface area contributed by atoms with Crippen LogP contribution in [0.25, 0.3) is 0 Å². The van der Waals surface area contributed by atoms with Gasteiger partial charge in [-0.05, 0) is 23.8 Å². The van der Waals surface area contributed by atoms with Gasteiger partial charge in [0.25, 0.3) is 5.91 Å². The van der Waals surface area contributed by atoms with E-state index in [1.54, 1.807) is 0 Å². The summed E-state index contributed by atoms with van der Waals surface area (Å²) in [4.78, 5) is 11.9. The summed E-state index contributed by atoms with van der Waals surface area (Å²) < 4.78 is 40.5. The van der Waals surface area contributed by atoms with E-state index in [9.17, 15) is 23.1 Å². The highest BCUT2D eigenvalue weighted by Crippen LogP contribution is 2.31. The molecule has 0 saturated heterocycles. The number of thiophene rings is 1. The number of hydrogen-bond acceptors (Lipinski definition) is 4. The monoisotopic (exact) mass is 399 g/mol. The van der Waals surface area contributed by atoms with E-state index >= 15 is 0 Å². The van der Waals surface area contributed by atoms with Gasteiger partial charge >= 0.3 is 6.36 Å². The average molecular weight is 400 g/mol. The van der Waals surface area contributed by atoms with Crippen molar-refractivity contribution in [1.29, 1.82) is 0 Å². The first-order chi connectivity index (χ1) is 11.2. The summed E-state index contributed by atoms with van der Waals surface area (Å²) in [5, 5.41) is 12.4. The van der Waals surface area contributed by atoms with Crippen molar-refractivity contribution < 1.29 is 27.8 Å². The molecule has 24 heavy (non-hydrogen) atoms. The highest BCUT2D eigenvalue weighted by Gasteiger charge is 2.31. The van der Waals surface area contributed by atoms with E-state index < -0.39 is 24.1 Å². The van der Waals surface area contributed by atoms with Crippen molar-refractivity contribution in [2.24, 2.45) is 0 Å². The van der Waals surface area contributed by atoms with Crippen molar-refractivity contribution in [3.63, 3.8) is 0 Å². The Labute approximate surface area is 148 Å². The molecule has 0 spiro atoms. The molecule has 0 aliphatic carbocycles. The molecule has 10 heteroatoms. The molecule has 130 valence electrons. The number of rotatable bonds is 5. The van der Waals surface area contributed by atoms with Crippen LogP contribution in [0, 0.1) is 0 Å². The Kier molecular flexibility index (Phi) is 5.97. The summed E-state index contributed by atoms with van der Waals surface area (Å²) in [6.45, 7) is -0.151. The number of nitrogens with one attached hydrogen (secondary N) is 1. The highest BCUT2D eigenvalue weighted by atomic mass is 35.5. The summed E-state index contributed by atoms with van der Waals surface area (Å²) in [5.74, 6) is -0.915. The molecule has 1 atom stereocenters. The van der Waals surface area contributed by atoms with Crippen molar-refractivity contribution in [3.8, 4) is 5.75 Å². The Hall–Kier alpha value is -1.48. The number of aliphatic hydroxyl groups is 1. The largest absolute Gasteiger partial charge is 0.573 e. The summed E-state index contributed by atoms with van der Waals surface area (Å²) in [5.41, 5.74) is 0.507. The molecule has 0 radical (unpaired) electrons. The number of carbonyl (C=O) groups is 1. The van der Waals surface area contributed by atoms with Gasteiger partial charge in [-0.3, -0.25) is 4.79 Å². The Morgan fingerprint density at radius 1 is 1.29 bits per heavy atom. The average Bonchev–Trinajstić information content (AvgIpc) is 2.82. The van der Waals surface area contributed by atoms with Crippen LogP contribution in [0.4, 0.5) is 13.2 Å². The first kappa shape index (κ1) is 18.9. The summed E-state index contributed by atoms with van der Waals surface area (Å²) >= 11 is 12.6. The number of carbonyl (C=O) groups excluding carboxylic acids is 1. The molecule has 0 aliphatic rings. The molecule has 0 unspecified atom stereocenters. The second-order valence-electron chi connectivity index (χ2n) is 4.58. The molecule has 1 aromatic carbocycles. The fraction of sp³-hybridized carbons (Fsp3) is 0.214. The van der Waals surface area contributed by atoms with Gasteiger partial charge in [-0.25, -0.2) is 0 Å². The number of halogens is 5. The van der Waals surface area contributed by atoms with Crippen LogP contribution in [-0.2, 0) is 0 Å². The topological polar surface area (TPSA) is 58.6 Å². The van der Waals surface area contributed by atoms with Gasteiger partial charge in [0.05, 0.1) is 16.0 Å². The van der Waals surface area contributed by atoms with E-state index in [4.69, 9.17) is 23.2 Å². The maximum absolute atomic E-state index is 12.1. The van der Waals surface area contributed by atoms with Crippen LogP contribution in [-0.4, -0.2) is 23.9 Å². The van der Waals surface area contributed by atoms with Crippen molar-refractivity contribution in [2.45, 2.75) is 12.5 Å². The Morgan fingerprint density at radius 3 is 2.42 bits per heavy atom. The molecule has 0 bridgehead atoms. The van der Waals surface area contributed by atoms with Crippen molar-refractivity contribution in [2.75, 3.05) is 6.54 Å². The zero-order valence-electron chi connectivity index (χ0n) is 11.7. The highest BCUT2D eigenvalue weighted by molar-refractivity contribution is 7.20. The summed E-state index contributed by atoms with van der Waals surface area (Å²) in [7, 11) is 0. The molecule has 1 amide bonds. The van der Waals surface area contributed by atoms with Crippen LogP contribution >= 0.6 is 34.5 Å². The van der Waals surface area contributed by atoms with Crippen LogP contribution in [0.5, 0.6) is 5.75 Å². The second-order valence-corrected chi connectivity index (χ2v) is 6.87. The number of amides is 1. The molecule has 1 heterocycles. The molecule has 0 fully saturated rings. The van der Waals surface area contributed by atoms with Crippen molar-refractivity contribution >= 4 is 40.4 Å². The number of benzene rings is 1. The van der Waals surface area contributed by atoms with E-state index in [1.165, 1.54) is 18.2 Å². The predicted octanol–water partition coefficient (Wildman–Crippen LogP) is 4.42. The van der Waals surface area contributed by atoms with E-state index in [0.717, 1.165) is 23.5 Å². The van der Waals surface area contributed by atoms with Crippen LogP contribution in [0.15, 0.2) is 30.3 Å². The van der Waals surface area contributed by atoms with Gasteiger partial charge in [0.1, 0.15) is 10.1 Å². The maximum atomic E-state index is 12.1. The normalized spacial score (nSPS) is 12.8. The number of aliphatic hydroxyl groups excluding tert-OH is 1. The summed E-state index contributed by atoms with van der Waals surface area (Å²) in [6, 6.07) is 6.09. The van der Waals surface area contributed by atoms with Gasteiger partial charge in [0.15, 0.2) is 0 Å². The molecule has 0 saturated carbocycles. The zero-order valence-corrected chi connectivity index (χ0v) is 14.1. The molecular formula is C14H10Cl2F3NO3S. The third kappa shape index (κ3) is 5.27. The molecule has 0 aliphatic heterocycles. The Balaban J connectivity index is 1.93. The quantitative estimate of drug-likeness (QED) is 0.782. The maximum Gasteiger partial charge on any atom is 0.573 e. The second kappa shape index (κ2) is 7.60. The predicted molar refractivity (Wildman–Crippen MR) is 84.8 cm³/mol. The van der Waals surface area contributed by atoms with E-state index in [2.05, 4.69) is 10.1 Å². The number of ether oxygens (including phenoxy) is 1. The molecule has 4 nitrogen and oxygen atoms in total. The lowest BCUT2D eigenvalue weighted by atomic mass is 10.1. The van der Waals surface area contributed by atoms with Crippen molar-refractivity contribution in [1.82, 2.24) is 5.32 Å². The minimum atomic E-state index is -4.78. The first-order valence-electron chi connectivity index (χ1n) is 6.42. The molecular weight excluding hydrogens is 390 g/mol. The van der Waals surface area contributed by atoms with Gasteiger partial charge in [-0.1, -0.05) is 35.3 Å². The Bertz CT molecular complexity index is 719. The zero-order chi connectivity index (χ0) is 17.9. The smallest absolute Gasteiger partial charge is 0.406 e. The standard InChI is InChI=1S/C14H10Cl2F3NO3S/c15-11-5-9(12(16)24-11)13(22)20-6-10(21)7-1-3-8(4-2-7)23-14(17,18)19/h1-5,10,21H,6H2,(H,20,22)/t10-/m0/s1. The van der Waals surface area contributed by atoms with Gasteiger partial charge in [-0.2, -0.15) is 0 Å². The van der Waals surface area contributed by atoms with Crippen LogP contribution < -0.4 is 10.1 Å². The van der Waals surface area contributed by atoms with Gasteiger partial charge in [0, 0.05) is 6.54 Å². The lowest BCUT2D eigenvalue weighted by molar-refractivity contribution is -0.274. The van der Waals surface area contributed by atoms with E-state index in [1.807, 2.05) is 0 Å². The minimum Gasteiger partial charge on any atom is -0.406 e. The van der Waals surface area contributed by atoms with Gasteiger partial charge in [-0.15, -0.1) is 24.5 Å². The molecule has 2 rings (SSSR count). The number of hydrogen-bond donors (Lipinski definition) is 2. The van der Waals surface area contributed by atoms with Crippen LogP contribution in [0.2, 0.25) is 8.67 Å². The van der Waals surface area contributed by atoms with E-state index in [-0.39, 0.29) is 16.4 Å². The van der Waals surface area contributed by atoms with Crippen LogP contribution in [0.1, 0.15) is 22.0 Å². The van der Waals surface area contributed by atoms with E-state index in [0.29, 0.717) is 9.90 Å². The SMILES string of the molecule is O=C(NC[C@H](O)c1ccc(OC(F)(F)F)cc1)c1cc(Cl)sc1Cl.